The molecule has 9 nitrogen and oxygen atoms in total. The molecular weight excluding hydrogens is 481 g/mol. The summed E-state index contributed by atoms with van der Waals surface area (Å²) in [5.41, 5.74) is 6.36. The lowest BCUT2D eigenvalue weighted by molar-refractivity contribution is -0.446. The number of amidine groups is 1. The number of aliphatic imine (C=N–C) groups is 1. The van der Waals surface area contributed by atoms with Crippen LogP contribution in [0.4, 0.5) is 10.6 Å². The summed E-state index contributed by atoms with van der Waals surface area (Å²) in [5.74, 6) is 0.855. The number of carbonyl (C=O) groups is 1. The normalized spacial score (nSPS) is 18.6. The van der Waals surface area contributed by atoms with Crippen LogP contribution in [0, 0.1) is 5.41 Å². The number of nitrogens with zero attached hydrogens (tertiary/aromatic N) is 3. The first-order valence-corrected chi connectivity index (χ1v) is 11.5. The van der Waals surface area contributed by atoms with Gasteiger partial charge in [-0.2, -0.15) is 4.98 Å². The van der Waals surface area contributed by atoms with Gasteiger partial charge in [0.25, 0.3) is 0 Å². The van der Waals surface area contributed by atoms with E-state index >= 15 is 0 Å². The molecule has 2 heterocycles. The second-order valence-electron chi connectivity index (χ2n) is 8.40. The van der Waals surface area contributed by atoms with Crippen molar-refractivity contribution in [2.45, 2.75) is 56.7 Å². The van der Waals surface area contributed by atoms with Crippen LogP contribution in [-0.4, -0.2) is 51.4 Å². The Morgan fingerprint density at radius 2 is 2.16 bits per heavy atom. The highest BCUT2D eigenvalue weighted by atomic mass is 35.6. The maximum Gasteiger partial charge on any atom is 0.438 e. The molecule has 12 heteroatoms. The molecule has 1 aliphatic rings. The van der Waals surface area contributed by atoms with Gasteiger partial charge in [0.1, 0.15) is 12.9 Å². The standard InChI is InChI=1S/C20H30Cl3N5O4/c1-19(2,3)14(24)10-15(27-18(29)32-12-20(21,22)23)26-16-11-28(13-25-16)7-9-31-17-6-4-5-8-30-17/h10-11,13,17H,4-9,12,24H2,1-3H3,(H,26,27,29)/p+1/b14-10-. The van der Waals surface area contributed by atoms with Gasteiger partial charge < -0.3 is 24.5 Å². The van der Waals surface area contributed by atoms with Gasteiger partial charge in [0, 0.05) is 30.3 Å². The summed E-state index contributed by atoms with van der Waals surface area (Å²) in [4.78, 5) is 20.4. The zero-order valence-electron chi connectivity index (χ0n) is 18.5. The molecule has 1 aromatic heterocycles. The average Bonchev–Trinajstić information content (AvgIpc) is 3.13. The molecule has 32 heavy (non-hydrogen) atoms. The number of alkyl halides is 3. The fourth-order valence-electron chi connectivity index (χ4n) is 2.62. The van der Waals surface area contributed by atoms with E-state index in [0.717, 1.165) is 25.9 Å². The summed E-state index contributed by atoms with van der Waals surface area (Å²) in [7, 11) is 0. The van der Waals surface area contributed by atoms with Gasteiger partial charge in [-0.1, -0.05) is 55.6 Å². The van der Waals surface area contributed by atoms with Crippen molar-refractivity contribution in [3.05, 3.63) is 24.3 Å². The molecular formula is C20H31Cl3N5O4+. The minimum atomic E-state index is -1.72. The van der Waals surface area contributed by atoms with E-state index in [4.69, 9.17) is 54.7 Å². The van der Waals surface area contributed by atoms with Crippen molar-refractivity contribution < 1.29 is 24.3 Å². The van der Waals surface area contributed by atoms with Crippen molar-refractivity contribution in [3.63, 3.8) is 0 Å². The number of allylic oxidation sites excluding steroid dienone is 1. The SMILES string of the molecule is CC(C)(C)/C(N)=C/C(=N\C(=O)OCC(Cl)(Cl)Cl)[NH2+]c1cn(CCOC2CCCCO2)cn1. The molecule has 0 aromatic carbocycles. The van der Waals surface area contributed by atoms with Gasteiger partial charge in [-0.05, 0) is 19.3 Å². The predicted octanol–water partition coefficient (Wildman–Crippen LogP) is 3.42. The first-order valence-electron chi connectivity index (χ1n) is 10.3. The van der Waals surface area contributed by atoms with Crippen molar-refractivity contribution in [1.82, 2.24) is 9.55 Å². The Morgan fingerprint density at radius 1 is 1.41 bits per heavy atom. The van der Waals surface area contributed by atoms with Crippen LogP contribution in [0.15, 0.2) is 29.3 Å². The first kappa shape index (κ1) is 26.9. The van der Waals surface area contributed by atoms with Gasteiger partial charge in [0.15, 0.2) is 6.29 Å². The number of halogens is 3. The highest BCUT2D eigenvalue weighted by Crippen LogP contribution is 2.26. The Bertz CT molecular complexity index is 809. The smallest absolute Gasteiger partial charge is 0.438 e. The number of nitrogens with two attached hydrogens (primary N) is 2. The zero-order valence-corrected chi connectivity index (χ0v) is 20.8. The second-order valence-corrected chi connectivity index (χ2v) is 10.9. The Labute approximate surface area is 203 Å². The summed E-state index contributed by atoms with van der Waals surface area (Å²) in [6.45, 7) is 7.27. The lowest BCUT2D eigenvalue weighted by Gasteiger charge is -2.22. The quantitative estimate of drug-likeness (QED) is 0.329. The second kappa shape index (κ2) is 12.2. The molecule has 180 valence electrons. The molecule has 4 N–H and O–H groups in total. The fourth-order valence-corrected chi connectivity index (χ4v) is 2.78. The van der Waals surface area contributed by atoms with Crippen molar-refractivity contribution in [2.24, 2.45) is 16.1 Å². The van der Waals surface area contributed by atoms with E-state index in [1.807, 2.05) is 31.5 Å². The largest absolute Gasteiger partial charge is 0.443 e. The lowest BCUT2D eigenvalue weighted by atomic mass is 9.92. The molecule has 0 radical (unpaired) electrons. The number of hydrogen-bond donors (Lipinski definition) is 2. The maximum atomic E-state index is 12.1. The molecule has 0 aliphatic carbocycles. The molecule has 0 spiro atoms. The first-order chi connectivity index (χ1) is 14.9. The maximum absolute atomic E-state index is 12.1. The summed E-state index contributed by atoms with van der Waals surface area (Å²) in [6.07, 6.45) is 7.16. The third-order valence-electron chi connectivity index (χ3n) is 4.49. The van der Waals surface area contributed by atoms with Gasteiger partial charge >= 0.3 is 6.09 Å². The molecule has 1 saturated heterocycles. The Balaban J connectivity index is 2.01. The van der Waals surface area contributed by atoms with Crippen LogP contribution in [0.5, 0.6) is 0 Å². The fraction of sp³-hybridized carbons (Fsp3) is 0.650. The van der Waals surface area contributed by atoms with E-state index in [9.17, 15) is 4.79 Å². The van der Waals surface area contributed by atoms with Gasteiger partial charge in [-0.3, -0.25) is 0 Å². The minimum Gasteiger partial charge on any atom is -0.443 e. The zero-order chi connectivity index (χ0) is 23.8. The van der Waals surface area contributed by atoms with Gasteiger partial charge in [-0.15, -0.1) is 4.99 Å². The van der Waals surface area contributed by atoms with Crippen LogP contribution in [0.25, 0.3) is 0 Å². The minimum absolute atomic E-state index is 0.138. The van der Waals surface area contributed by atoms with E-state index in [-0.39, 0.29) is 17.5 Å². The number of rotatable bonds is 7. The Morgan fingerprint density at radius 3 is 2.78 bits per heavy atom. The number of aromatic nitrogens is 2. The number of quaternary nitrogens is 1. The monoisotopic (exact) mass is 510 g/mol. The molecule has 0 saturated carbocycles. The molecule has 1 aromatic rings. The topological polar surface area (TPSA) is 118 Å². The average molecular weight is 512 g/mol. The van der Waals surface area contributed by atoms with E-state index in [0.29, 0.717) is 24.7 Å². The van der Waals surface area contributed by atoms with Crippen LogP contribution in [-0.2, 0) is 20.8 Å². The van der Waals surface area contributed by atoms with E-state index in [1.54, 1.807) is 17.7 Å². The Kier molecular flexibility index (Phi) is 10.3. The number of amides is 1. The third-order valence-corrected chi connectivity index (χ3v) is 4.82. The summed E-state index contributed by atoms with van der Waals surface area (Å²) in [5, 5.41) is 1.62. The van der Waals surface area contributed by atoms with Crippen LogP contribution in [0.1, 0.15) is 40.0 Å². The lowest BCUT2D eigenvalue weighted by Crippen LogP contribution is -2.82. The van der Waals surface area contributed by atoms with Crippen molar-refractivity contribution in [3.8, 4) is 0 Å². The molecule has 1 amide bonds. The predicted molar refractivity (Wildman–Crippen MR) is 124 cm³/mol. The van der Waals surface area contributed by atoms with E-state index in [2.05, 4.69) is 9.98 Å². The number of imidazole rings is 1. The molecule has 2 rings (SSSR count). The van der Waals surface area contributed by atoms with Crippen LogP contribution in [0.2, 0.25) is 0 Å². The van der Waals surface area contributed by atoms with Crippen LogP contribution >= 0.6 is 34.8 Å². The van der Waals surface area contributed by atoms with Crippen molar-refractivity contribution >= 4 is 52.5 Å². The van der Waals surface area contributed by atoms with Crippen LogP contribution < -0.4 is 11.1 Å². The third kappa shape index (κ3) is 10.5. The highest BCUT2D eigenvalue weighted by molar-refractivity contribution is 6.67. The van der Waals surface area contributed by atoms with Crippen molar-refractivity contribution in [1.29, 1.82) is 0 Å². The number of hydrogen-bond acceptors (Lipinski definition) is 6. The summed E-state index contributed by atoms with van der Waals surface area (Å²) < 4.78 is 16.4. The number of carbonyl (C=O) groups excluding carboxylic acids is 1. The molecule has 1 aliphatic heterocycles. The Hall–Kier alpha value is -1.36. The summed E-state index contributed by atoms with van der Waals surface area (Å²) >= 11 is 16.8. The summed E-state index contributed by atoms with van der Waals surface area (Å²) in [6, 6.07) is 0. The van der Waals surface area contributed by atoms with Crippen LogP contribution in [0.3, 0.4) is 0 Å². The van der Waals surface area contributed by atoms with E-state index in [1.165, 1.54) is 0 Å². The highest BCUT2D eigenvalue weighted by Gasteiger charge is 2.23. The molecule has 0 bridgehead atoms. The molecule has 1 unspecified atom stereocenters. The van der Waals surface area contributed by atoms with Gasteiger partial charge in [0.05, 0.1) is 12.8 Å². The van der Waals surface area contributed by atoms with Crippen molar-refractivity contribution in [2.75, 3.05) is 19.8 Å². The molecule has 1 atom stereocenters. The van der Waals surface area contributed by atoms with E-state index < -0.39 is 16.5 Å². The van der Waals surface area contributed by atoms with Gasteiger partial charge in [-0.25, -0.2) is 10.1 Å². The number of ether oxygens (including phenoxy) is 3. The molecule has 1 fully saturated rings. The van der Waals surface area contributed by atoms with Gasteiger partial charge in [0.2, 0.25) is 15.4 Å².